The maximum absolute atomic E-state index is 14.8. The summed E-state index contributed by atoms with van der Waals surface area (Å²) in [5, 5.41) is 94.9. The van der Waals surface area contributed by atoms with E-state index >= 15 is 0 Å². The van der Waals surface area contributed by atoms with Crippen molar-refractivity contribution in [3.63, 3.8) is 0 Å². The van der Waals surface area contributed by atoms with Crippen LogP contribution in [0.3, 0.4) is 0 Å². The van der Waals surface area contributed by atoms with Gasteiger partial charge in [-0.1, -0.05) is 58.4 Å². The molecule has 0 aromatic heterocycles. The normalized spacial score (nSPS) is 23.7. The summed E-state index contributed by atoms with van der Waals surface area (Å²) in [6.07, 6.45) is 0.618. The number of phenolic OH excluding ortho intramolecular Hbond substituents is 4. The Balaban J connectivity index is 2.06. The summed E-state index contributed by atoms with van der Waals surface area (Å²) in [5.74, 6) is -15.1. The molecule has 0 heterocycles. The van der Waals surface area contributed by atoms with Gasteiger partial charge >= 0.3 is 11.9 Å². The Kier molecular flexibility index (Phi) is 10.5. The van der Waals surface area contributed by atoms with E-state index in [4.69, 9.17) is 21.1 Å². The Morgan fingerprint density at radius 2 is 1.28 bits per heavy atom. The highest BCUT2D eigenvalue weighted by atomic mass is 35.5. The number of fused-ring (bicyclic) bond motifs is 4. The van der Waals surface area contributed by atoms with Gasteiger partial charge in [-0.25, -0.2) is 9.59 Å². The zero-order valence-corrected chi connectivity index (χ0v) is 33.3. The molecule has 14 nitrogen and oxygen atoms in total. The van der Waals surface area contributed by atoms with Crippen LogP contribution >= 0.6 is 11.6 Å². The second-order valence-electron chi connectivity index (χ2n) is 15.5. The molecule has 0 saturated carbocycles. The summed E-state index contributed by atoms with van der Waals surface area (Å²) >= 11 is 6.99. The minimum Gasteiger partial charge on any atom is -0.511 e. The predicted octanol–water partition coefficient (Wildman–Crippen LogP) is 6.73. The number of aliphatic hydroxyl groups is 4. The molecule has 5 atom stereocenters. The predicted molar refractivity (Wildman–Crippen MR) is 212 cm³/mol. The topological polar surface area (TPSA) is 249 Å². The number of aliphatic hydroxyl groups excluding tert-OH is 2. The van der Waals surface area contributed by atoms with Crippen LogP contribution in [0.5, 0.6) is 23.0 Å². The van der Waals surface area contributed by atoms with Crippen LogP contribution < -0.4 is 0 Å². The summed E-state index contributed by atoms with van der Waals surface area (Å²) in [5.41, 5.74) is -6.88. The van der Waals surface area contributed by atoms with E-state index < -0.39 is 122 Å². The van der Waals surface area contributed by atoms with Crippen LogP contribution in [0.15, 0.2) is 54.0 Å². The van der Waals surface area contributed by atoms with Gasteiger partial charge in [0, 0.05) is 22.7 Å². The van der Waals surface area contributed by atoms with Gasteiger partial charge in [-0.2, -0.15) is 0 Å². The van der Waals surface area contributed by atoms with Gasteiger partial charge in [0.2, 0.25) is 0 Å². The van der Waals surface area contributed by atoms with Crippen LogP contribution in [0.1, 0.15) is 84.7 Å². The summed E-state index contributed by atoms with van der Waals surface area (Å²) < 4.78 is 9.58. The van der Waals surface area contributed by atoms with Crippen molar-refractivity contribution in [1.29, 1.82) is 0 Å². The van der Waals surface area contributed by atoms with Crippen molar-refractivity contribution in [2.75, 3.05) is 14.2 Å². The summed E-state index contributed by atoms with van der Waals surface area (Å²) in [6.45, 7) is 7.55. The smallest absolute Gasteiger partial charge is 0.333 e. The molecule has 306 valence electrons. The fourth-order valence-corrected chi connectivity index (χ4v) is 9.26. The number of ether oxygens (including phenoxy) is 2. The van der Waals surface area contributed by atoms with E-state index in [9.17, 15) is 60.0 Å². The van der Waals surface area contributed by atoms with Gasteiger partial charge in [0.1, 0.15) is 34.5 Å². The molecular formula is C43H43ClO14. The zero-order chi connectivity index (χ0) is 43.1. The average molecular weight is 819 g/mol. The standard InChI is InChI=1S/C43H43ClO14/c1-16(2)42(55)15-25(49)32-34(37(42)23(47)13-26(50)57-6)29(19-9-8-10-21(45)28(19)40(32)53)33-30-20(44)11-12-22(46)31(30)41(54)36-35(33)38(24(48)14-27(51)58-7)43(56,17(3)4)18(5)39(36)52/h8-14,16-18,37-38,45-48,53-56H,15H2,1-7H3/b23-13-,24-14-. The summed E-state index contributed by atoms with van der Waals surface area (Å²) in [7, 11) is 2.08. The van der Waals surface area contributed by atoms with Gasteiger partial charge in [-0.3, -0.25) is 9.59 Å². The first-order valence-electron chi connectivity index (χ1n) is 18.3. The highest BCUT2D eigenvalue weighted by Gasteiger charge is 2.58. The van der Waals surface area contributed by atoms with E-state index in [1.807, 2.05) is 0 Å². The van der Waals surface area contributed by atoms with Crippen molar-refractivity contribution < 1.29 is 69.5 Å². The first-order chi connectivity index (χ1) is 27.1. The molecule has 15 heteroatoms. The molecule has 4 aromatic carbocycles. The molecule has 5 unspecified atom stereocenters. The van der Waals surface area contributed by atoms with E-state index in [1.165, 1.54) is 31.2 Å². The minimum atomic E-state index is -2.29. The molecule has 2 aliphatic rings. The molecule has 0 saturated heterocycles. The number of rotatable bonds is 7. The lowest BCUT2D eigenvalue weighted by Gasteiger charge is -2.48. The quantitative estimate of drug-likeness (QED) is 0.0548. The molecule has 6 rings (SSSR count). The van der Waals surface area contributed by atoms with Crippen molar-refractivity contribution in [3.8, 4) is 34.1 Å². The van der Waals surface area contributed by atoms with Crippen LogP contribution in [0.2, 0.25) is 5.02 Å². The highest BCUT2D eigenvalue weighted by molar-refractivity contribution is 6.38. The average Bonchev–Trinajstić information content (AvgIpc) is 3.15. The summed E-state index contributed by atoms with van der Waals surface area (Å²) in [6, 6.07) is 6.34. The fourth-order valence-electron chi connectivity index (χ4n) is 9.01. The van der Waals surface area contributed by atoms with Gasteiger partial charge in [0.05, 0.1) is 71.3 Å². The van der Waals surface area contributed by atoms with Crippen molar-refractivity contribution in [2.45, 2.75) is 64.1 Å². The number of ketones is 2. The molecule has 2 aliphatic carbocycles. The number of benzene rings is 4. The number of Topliss-reactive ketones (excluding diaryl/α,β-unsaturated/α-hetero) is 2. The molecule has 0 radical (unpaired) electrons. The lowest BCUT2D eigenvalue weighted by atomic mass is 9.57. The van der Waals surface area contributed by atoms with Gasteiger partial charge < -0.3 is 50.3 Å². The Labute approximate surface area is 336 Å². The SMILES string of the molecule is COC(=O)/C=C(\O)C1c2c(c(O)c3c(O)cccc3c2-c2c3c(c(O)c4c(O)ccc(Cl)c24)C(=O)C(C)C(O)(C(C)C)C3/C(O)=C/C(=O)OC)C(=O)CC1(O)C(C)C. The lowest BCUT2D eigenvalue weighted by molar-refractivity contribution is -0.136. The second-order valence-corrected chi connectivity index (χ2v) is 15.9. The first kappa shape index (κ1) is 41.8. The third kappa shape index (κ3) is 5.84. The van der Waals surface area contributed by atoms with Gasteiger partial charge in [0.25, 0.3) is 0 Å². The van der Waals surface area contributed by atoms with Crippen molar-refractivity contribution in [3.05, 3.63) is 81.3 Å². The Bertz CT molecular complexity index is 2530. The maximum atomic E-state index is 14.8. The monoisotopic (exact) mass is 818 g/mol. The van der Waals surface area contributed by atoms with Crippen molar-refractivity contribution in [1.82, 2.24) is 0 Å². The number of carbonyl (C=O) groups excluding carboxylic acids is 4. The molecule has 0 bridgehead atoms. The number of esters is 2. The zero-order valence-electron chi connectivity index (χ0n) is 32.5. The van der Waals surface area contributed by atoms with Gasteiger partial charge in [-0.15, -0.1) is 0 Å². The van der Waals surface area contributed by atoms with E-state index in [0.717, 1.165) is 20.3 Å². The Morgan fingerprint density at radius 1 is 0.741 bits per heavy atom. The van der Waals surface area contributed by atoms with Crippen LogP contribution in [0, 0.1) is 17.8 Å². The fraction of sp³-hybridized carbons (Fsp3) is 0.349. The van der Waals surface area contributed by atoms with E-state index in [-0.39, 0.29) is 43.4 Å². The Hall–Kier alpha value is -5.83. The van der Waals surface area contributed by atoms with Crippen LogP contribution in [0.25, 0.3) is 32.7 Å². The molecule has 0 fully saturated rings. The lowest BCUT2D eigenvalue weighted by Crippen LogP contribution is -2.54. The maximum Gasteiger partial charge on any atom is 0.333 e. The first-order valence-corrected chi connectivity index (χ1v) is 18.7. The number of hydrogen-bond acceptors (Lipinski definition) is 14. The van der Waals surface area contributed by atoms with Crippen LogP contribution in [-0.4, -0.2) is 89.8 Å². The van der Waals surface area contributed by atoms with Crippen molar-refractivity contribution >= 4 is 56.7 Å². The third-order valence-electron chi connectivity index (χ3n) is 12.0. The number of halogens is 1. The van der Waals surface area contributed by atoms with E-state index in [2.05, 4.69) is 0 Å². The largest absolute Gasteiger partial charge is 0.511 e. The summed E-state index contributed by atoms with van der Waals surface area (Å²) in [4.78, 5) is 54.7. The Morgan fingerprint density at radius 3 is 1.83 bits per heavy atom. The minimum absolute atomic E-state index is 0.115. The van der Waals surface area contributed by atoms with Gasteiger partial charge in [0.15, 0.2) is 11.6 Å². The number of aromatic hydroxyl groups is 4. The molecular weight excluding hydrogens is 776 g/mol. The van der Waals surface area contributed by atoms with E-state index in [0.29, 0.717) is 12.2 Å². The second kappa shape index (κ2) is 14.5. The van der Waals surface area contributed by atoms with E-state index in [1.54, 1.807) is 27.7 Å². The van der Waals surface area contributed by atoms with Crippen LogP contribution in [-0.2, 0) is 19.1 Å². The van der Waals surface area contributed by atoms with Gasteiger partial charge in [-0.05, 0) is 57.7 Å². The van der Waals surface area contributed by atoms with Crippen LogP contribution in [0.4, 0.5) is 0 Å². The molecule has 8 N–H and O–H groups in total. The van der Waals surface area contributed by atoms with Crippen molar-refractivity contribution in [2.24, 2.45) is 17.8 Å². The number of methoxy groups -OCH3 is 2. The molecule has 0 aliphatic heterocycles. The highest BCUT2D eigenvalue weighted by Crippen LogP contribution is 2.62. The molecule has 0 spiro atoms. The number of hydrogen-bond donors (Lipinski definition) is 8. The number of phenols is 4. The molecule has 0 amide bonds. The third-order valence-corrected chi connectivity index (χ3v) is 12.3. The molecule has 4 aromatic rings. The molecule has 58 heavy (non-hydrogen) atoms. The number of carbonyl (C=O) groups is 4.